The van der Waals surface area contributed by atoms with E-state index in [1.54, 1.807) is 4.90 Å². The quantitative estimate of drug-likeness (QED) is 0.750. The van der Waals surface area contributed by atoms with E-state index in [0.717, 1.165) is 15.3 Å². The number of anilines is 1. The molecule has 1 amide bonds. The lowest BCUT2D eigenvalue weighted by molar-refractivity contribution is -0.117. The molecule has 1 unspecified atom stereocenters. The van der Waals surface area contributed by atoms with Gasteiger partial charge in [0.1, 0.15) is 0 Å². The highest BCUT2D eigenvalue weighted by molar-refractivity contribution is 9.09. The molecule has 0 saturated carbocycles. The van der Waals surface area contributed by atoms with Crippen LogP contribution >= 0.6 is 38.9 Å². The number of rotatable bonds is 1. The number of hydrogen-bond acceptors (Lipinski definition) is 3. The number of thiazole rings is 1. The number of amides is 1. The van der Waals surface area contributed by atoms with Crippen LogP contribution in [0.2, 0.25) is 5.02 Å². The number of aromatic nitrogens is 1. The lowest BCUT2D eigenvalue weighted by Crippen LogP contribution is -2.24. The number of hydrogen-bond donors (Lipinski definition) is 0. The standard InChI is InChI=1S/C11H8BrClN2OS/c12-6-3-10(16)15(5-6)11-14-8-4-7(13)1-2-9(8)17-11/h1-2,4,6H,3,5H2. The van der Waals surface area contributed by atoms with Crippen molar-refractivity contribution in [2.45, 2.75) is 11.2 Å². The van der Waals surface area contributed by atoms with Crippen LogP contribution in [0.4, 0.5) is 5.13 Å². The van der Waals surface area contributed by atoms with Crippen LogP contribution in [0.5, 0.6) is 0 Å². The summed E-state index contributed by atoms with van der Waals surface area (Å²) in [6.45, 7) is 0.687. The zero-order valence-electron chi connectivity index (χ0n) is 8.69. The molecule has 1 aliphatic rings. The molecule has 17 heavy (non-hydrogen) atoms. The van der Waals surface area contributed by atoms with Crippen LogP contribution in [0.15, 0.2) is 18.2 Å². The molecule has 6 heteroatoms. The van der Waals surface area contributed by atoms with Gasteiger partial charge in [-0.15, -0.1) is 0 Å². The van der Waals surface area contributed by atoms with Gasteiger partial charge in [0.25, 0.3) is 0 Å². The third-order valence-corrected chi connectivity index (χ3v) is 4.55. The molecule has 88 valence electrons. The van der Waals surface area contributed by atoms with Crippen molar-refractivity contribution in [3.05, 3.63) is 23.2 Å². The third kappa shape index (κ3) is 2.07. The summed E-state index contributed by atoms with van der Waals surface area (Å²) in [6, 6.07) is 5.60. The molecule has 1 aromatic carbocycles. The molecule has 3 rings (SSSR count). The second kappa shape index (κ2) is 4.23. The van der Waals surface area contributed by atoms with Crippen LogP contribution in [0.25, 0.3) is 10.2 Å². The van der Waals surface area contributed by atoms with Gasteiger partial charge in [0, 0.05) is 22.8 Å². The predicted octanol–water partition coefficient (Wildman–Crippen LogP) is 3.45. The van der Waals surface area contributed by atoms with E-state index in [9.17, 15) is 4.79 Å². The first-order valence-electron chi connectivity index (χ1n) is 5.14. The van der Waals surface area contributed by atoms with Gasteiger partial charge in [0.2, 0.25) is 5.91 Å². The van der Waals surface area contributed by atoms with Crippen LogP contribution in [0.1, 0.15) is 6.42 Å². The monoisotopic (exact) mass is 330 g/mol. The summed E-state index contributed by atoms with van der Waals surface area (Å²) in [5.74, 6) is 0.122. The molecular formula is C11H8BrClN2OS. The first-order chi connectivity index (χ1) is 8.13. The maximum absolute atomic E-state index is 11.8. The summed E-state index contributed by atoms with van der Waals surface area (Å²) in [5, 5.41) is 1.43. The van der Waals surface area contributed by atoms with Crippen molar-refractivity contribution in [3.63, 3.8) is 0 Å². The number of alkyl halides is 1. The first-order valence-corrected chi connectivity index (χ1v) is 7.25. The molecule has 1 saturated heterocycles. The number of nitrogens with zero attached hydrogens (tertiary/aromatic N) is 2. The van der Waals surface area contributed by atoms with Gasteiger partial charge in [-0.2, -0.15) is 0 Å². The van der Waals surface area contributed by atoms with Crippen LogP contribution in [0, 0.1) is 0 Å². The van der Waals surface area contributed by atoms with Crippen molar-refractivity contribution in [2.75, 3.05) is 11.4 Å². The van der Waals surface area contributed by atoms with Gasteiger partial charge in [0.15, 0.2) is 5.13 Å². The molecule has 1 aliphatic heterocycles. The summed E-state index contributed by atoms with van der Waals surface area (Å²) in [6.07, 6.45) is 0.538. The molecule has 1 aromatic heterocycles. The minimum atomic E-state index is 0.122. The van der Waals surface area contributed by atoms with E-state index in [1.165, 1.54) is 11.3 Å². The van der Waals surface area contributed by atoms with E-state index in [4.69, 9.17) is 11.6 Å². The smallest absolute Gasteiger partial charge is 0.230 e. The van der Waals surface area contributed by atoms with E-state index in [-0.39, 0.29) is 10.7 Å². The fraction of sp³-hybridized carbons (Fsp3) is 0.273. The maximum atomic E-state index is 11.8. The van der Waals surface area contributed by atoms with Gasteiger partial charge in [-0.3, -0.25) is 9.69 Å². The molecule has 2 aromatic rings. The largest absolute Gasteiger partial charge is 0.287 e. The average molecular weight is 332 g/mol. The highest BCUT2D eigenvalue weighted by Crippen LogP contribution is 2.33. The van der Waals surface area contributed by atoms with Gasteiger partial charge < -0.3 is 0 Å². The molecule has 3 nitrogen and oxygen atoms in total. The van der Waals surface area contributed by atoms with Crippen LogP contribution in [0.3, 0.4) is 0 Å². The Labute approximate surface area is 116 Å². The summed E-state index contributed by atoms with van der Waals surface area (Å²) < 4.78 is 1.05. The summed E-state index contributed by atoms with van der Waals surface area (Å²) in [5.41, 5.74) is 0.850. The van der Waals surface area contributed by atoms with E-state index in [0.29, 0.717) is 18.0 Å². The lowest BCUT2D eigenvalue weighted by atomic mass is 10.3. The molecular weight excluding hydrogens is 324 g/mol. The summed E-state index contributed by atoms with van der Waals surface area (Å²) in [4.78, 5) is 18.2. The SMILES string of the molecule is O=C1CC(Br)CN1c1nc2cc(Cl)ccc2s1. The van der Waals surface area contributed by atoms with Crippen molar-refractivity contribution < 1.29 is 4.79 Å². The first kappa shape index (κ1) is 11.4. The predicted molar refractivity (Wildman–Crippen MR) is 74.3 cm³/mol. The Morgan fingerprint density at radius 3 is 3.06 bits per heavy atom. The van der Waals surface area contributed by atoms with Gasteiger partial charge in [-0.25, -0.2) is 4.98 Å². The topological polar surface area (TPSA) is 33.2 Å². The molecule has 0 bridgehead atoms. The Hall–Kier alpha value is -0.650. The second-order valence-electron chi connectivity index (χ2n) is 3.91. The van der Waals surface area contributed by atoms with Crippen molar-refractivity contribution in [1.29, 1.82) is 0 Å². The van der Waals surface area contributed by atoms with Crippen molar-refractivity contribution in [1.82, 2.24) is 4.98 Å². The zero-order valence-corrected chi connectivity index (χ0v) is 11.8. The second-order valence-corrected chi connectivity index (χ2v) is 6.65. The van der Waals surface area contributed by atoms with Gasteiger partial charge in [-0.05, 0) is 18.2 Å². The summed E-state index contributed by atoms with van der Waals surface area (Å²) >= 11 is 10.9. The minimum absolute atomic E-state index is 0.122. The summed E-state index contributed by atoms with van der Waals surface area (Å²) in [7, 11) is 0. The lowest BCUT2D eigenvalue weighted by Gasteiger charge is -2.10. The van der Waals surface area contributed by atoms with Crippen molar-refractivity contribution >= 4 is 60.1 Å². The minimum Gasteiger partial charge on any atom is -0.287 e. The fourth-order valence-corrected chi connectivity index (χ4v) is 3.56. The van der Waals surface area contributed by atoms with Gasteiger partial charge in [0.05, 0.1) is 10.2 Å². The third-order valence-electron chi connectivity index (χ3n) is 2.65. The Bertz CT molecular complexity index is 600. The molecule has 0 radical (unpaired) electrons. The van der Waals surface area contributed by atoms with Gasteiger partial charge in [-0.1, -0.05) is 38.9 Å². The van der Waals surface area contributed by atoms with Crippen LogP contribution < -0.4 is 4.90 Å². The fourth-order valence-electron chi connectivity index (χ4n) is 1.85. The van der Waals surface area contributed by atoms with E-state index >= 15 is 0 Å². The van der Waals surface area contributed by atoms with Gasteiger partial charge >= 0.3 is 0 Å². The van der Waals surface area contributed by atoms with E-state index in [2.05, 4.69) is 20.9 Å². The maximum Gasteiger partial charge on any atom is 0.230 e. The Morgan fingerprint density at radius 2 is 2.35 bits per heavy atom. The highest BCUT2D eigenvalue weighted by atomic mass is 79.9. The number of benzene rings is 1. The molecule has 0 spiro atoms. The molecule has 2 heterocycles. The Morgan fingerprint density at radius 1 is 1.53 bits per heavy atom. The zero-order chi connectivity index (χ0) is 12.0. The van der Waals surface area contributed by atoms with E-state index in [1.807, 2.05) is 18.2 Å². The molecule has 1 fully saturated rings. The number of halogens is 2. The van der Waals surface area contributed by atoms with Crippen LogP contribution in [-0.2, 0) is 4.79 Å². The van der Waals surface area contributed by atoms with E-state index < -0.39 is 0 Å². The molecule has 0 N–H and O–H groups in total. The number of fused-ring (bicyclic) bond motifs is 1. The van der Waals surface area contributed by atoms with Crippen molar-refractivity contribution in [2.24, 2.45) is 0 Å². The molecule has 1 atom stereocenters. The highest BCUT2D eigenvalue weighted by Gasteiger charge is 2.30. The van der Waals surface area contributed by atoms with Crippen LogP contribution in [-0.4, -0.2) is 22.3 Å². The normalized spacial score (nSPS) is 20.5. The molecule has 0 aliphatic carbocycles. The Balaban J connectivity index is 2.03. The Kier molecular flexibility index (Phi) is 2.84. The number of carbonyl (C=O) groups excluding carboxylic acids is 1. The average Bonchev–Trinajstić information content (AvgIpc) is 2.80. The van der Waals surface area contributed by atoms with Crippen molar-refractivity contribution in [3.8, 4) is 0 Å². The number of carbonyl (C=O) groups is 1.